The maximum atomic E-state index is 12.9. The van der Waals surface area contributed by atoms with Gasteiger partial charge in [0.05, 0.1) is 10.7 Å². The number of pyridine rings is 1. The summed E-state index contributed by atoms with van der Waals surface area (Å²) < 4.78 is 25.9. The molecule has 3 aromatic rings. The minimum Gasteiger partial charge on any atom is -0.254 e. The van der Waals surface area contributed by atoms with Crippen LogP contribution in [0, 0.1) is 11.6 Å². The van der Waals surface area contributed by atoms with Crippen LogP contribution in [0.5, 0.6) is 0 Å². The smallest absolute Gasteiger partial charge is 0.123 e. The van der Waals surface area contributed by atoms with Crippen LogP contribution >= 0.6 is 11.6 Å². The van der Waals surface area contributed by atoms with Crippen LogP contribution in [0.15, 0.2) is 60.8 Å². The van der Waals surface area contributed by atoms with Crippen LogP contribution < -0.4 is 0 Å². The molecule has 2 aromatic carbocycles. The predicted molar refractivity (Wildman–Crippen MR) is 80.0 cm³/mol. The van der Waals surface area contributed by atoms with E-state index in [1.807, 2.05) is 0 Å². The average molecular weight is 302 g/mol. The molecule has 0 bridgehead atoms. The number of halogens is 3. The van der Waals surface area contributed by atoms with Crippen LogP contribution in [-0.4, -0.2) is 4.98 Å². The van der Waals surface area contributed by atoms with Gasteiger partial charge in [-0.25, -0.2) is 8.78 Å². The van der Waals surface area contributed by atoms with E-state index in [1.165, 1.54) is 24.3 Å². The molecule has 4 heteroatoms. The van der Waals surface area contributed by atoms with E-state index in [2.05, 4.69) is 4.98 Å². The molecule has 0 aliphatic rings. The molecule has 0 spiro atoms. The van der Waals surface area contributed by atoms with Crippen molar-refractivity contribution in [2.75, 3.05) is 0 Å². The molecule has 1 aromatic heterocycles. The molecule has 0 amide bonds. The molecule has 0 fully saturated rings. The minimum absolute atomic E-state index is 0.291. The molecular weight excluding hydrogens is 292 g/mol. The highest BCUT2D eigenvalue weighted by atomic mass is 35.5. The molecule has 0 atom stereocenters. The van der Waals surface area contributed by atoms with Crippen molar-refractivity contribution in [3.8, 4) is 22.4 Å². The maximum absolute atomic E-state index is 12.9. The van der Waals surface area contributed by atoms with Crippen LogP contribution in [0.4, 0.5) is 8.78 Å². The van der Waals surface area contributed by atoms with E-state index in [9.17, 15) is 8.78 Å². The zero-order chi connectivity index (χ0) is 14.8. The second-order valence-corrected chi connectivity index (χ2v) is 4.98. The van der Waals surface area contributed by atoms with E-state index >= 15 is 0 Å². The highest BCUT2D eigenvalue weighted by Gasteiger charge is 2.08. The molecule has 104 valence electrons. The van der Waals surface area contributed by atoms with Gasteiger partial charge in [0.1, 0.15) is 11.6 Å². The van der Waals surface area contributed by atoms with Gasteiger partial charge in [0.2, 0.25) is 0 Å². The molecule has 0 radical (unpaired) electrons. The van der Waals surface area contributed by atoms with E-state index in [0.717, 1.165) is 16.7 Å². The number of hydrogen-bond donors (Lipinski definition) is 0. The summed E-state index contributed by atoms with van der Waals surface area (Å²) in [6, 6.07) is 13.8. The molecule has 0 aliphatic heterocycles. The predicted octanol–water partition coefficient (Wildman–Crippen LogP) is 5.35. The van der Waals surface area contributed by atoms with Crippen molar-refractivity contribution in [2.24, 2.45) is 0 Å². The number of benzene rings is 2. The van der Waals surface area contributed by atoms with Gasteiger partial charge in [-0.1, -0.05) is 23.7 Å². The fourth-order valence-corrected chi connectivity index (χ4v) is 2.33. The van der Waals surface area contributed by atoms with E-state index in [-0.39, 0.29) is 11.6 Å². The summed E-state index contributed by atoms with van der Waals surface area (Å²) >= 11 is 6.25. The number of rotatable bonds is 2. The molecule has 0 N–H and O–H groups in total. The maximum Gasteiger partial charge on any atom is 0.123 e. The highest BCUT2D eigenvalue weighted by Crippen LogP contribution is 2.30. The topological polar surface area (TPSA) is 12.9 Å². The van der Waals surface area contributed by atoms with Gasteiger partial charge in [0.15, 0.2) is 0 Å². The highest BCUT2D eigenvalue weighted by molar-refractivity contribution is 6.33. The Kier molecular flexibility index (Phi) is 3.67. The van der Waals surface area contributed by atoms with Crippen LogP contribution in [-0.2, 0) is 0 Å². The first-order valence-corrected chi connectivity index (χ1v) is 6.69. The largest absolute Gasteiger partial charge is 0.254 e. The van der Waals surface area contributed by atoms with Crippen molar-refractivity contribution in [3.05, 3.63) is 77.5 Å². The second kappa shape index (κ2) is 5.62. The lowest BCUT2D eigenvalue weighted by molar-refractivity contribution is 0.627. The van der Waals surface area contributed by atoms with Gasteiger partial charge in [0.25, 0.3) is 0 Å². The Labute approximate surface area is 125 Å². The van der Waals surface area contributed by atoms with Crippen LogP contribution in [0.1, 0.15) is 0 Å². The molecule has 21 heavy (non-hydrogen) atoms. The summed E-state index contributed by atoms with van der Waals surface area (Å²) in [6.07, 6.45) is 1.66. The van der Waals surface area contributed by atoms with Crippen LogP contribution in [0.25, 0.3) is 22.4 Å². The monoisotopic (exact) mass is 301 g/mol. The first kappa shape index (κ1) is 13.7. The summed E-state index contributed by atoms with van der Waals surface area (Å²) in [5, 5.41) is 0.462. The fourth-order valence-electron chi connectivity index (χ4n) is 2.06. The van der Waals surface area contributed by atoms with E-state index in [1.54, 1.807) is 36.5 Å². The van der Waals surface area contributed by atoms with E-state index in [0.29, 0.717) is 10.7 Å². The van der Waals surface area contributed by atoms with Crippen molar-refractivity contribution in [3.63, 3.8) is 0 Å². The molecule has 0 saturated heterocycles. The zero-order valence-electron chi connectivity index (χ0n) is 10.9. The molecule has 1 nitrogen and oxygen atoms in total. The molecule has 1 heterocycles. The lowest BCUT2D eigenvalue weighted by atomic mass is 10.1. The Hall–Kier alpha value is -2.26. The first-order chi connectivity index (χ1) is 10.1. The first-order valence-electron chi connectivity index (χ1n) is 6.31. The van der Waals surface area contributed by atoms with Gasteiger partial charge < -0.3 is 0 Å². The normalized spacial score (nSPS) is 10.6. The third kappa shape index (κ3) is 2.93. The average Bonchev–Trinajstić information content (AvgIpc) is 2.49. The Balaban J connectivity index is 1.99. The standard InChI is InChI=1S/C17H10ClF2N/c18-16-9-13(11-1-5-14(19)6-2-11)10-21-17(16)12-3-7-15(20)8-4-12/h1-10H. The molecule has 0 unspecified atom stereocenters. The van der Waals surface area contributed by atoms with Crippen molar-refractivity contribution < 1.29 is 8.78 Å². The Bertz CT molecular complexity index is 768. The summed E-state index contributed by atoms with van der Waals surface area (Å²) in [5.74, 6) is -0.599. The Morgan fingerprint density at radius 3 is 1.76 bits per heavy atom. The number of nitrogens with zero attached hydrogens (tertiary/aromatic N) is 1. The third-order valence-electron chi connectivity index (χ3n) is 3.14. The van der Waals surface area contributed by atoms with Gasteiger partial charge in [-0.3, -0.25) is 4.98 Å². The second-order valence-electron chi connectivity index (χ2n) is 4.57. The van der Waals surface area contributed by atoms with E-state index in [4.69, 9.17) is 11.6 Å². The van der Waals surface area contributed by atoms with Crippen LogP contribution in [0.3, 0.4) is 0 Å². The molecule has 0 aliphatic carbocycles. The number of hydrogen-bond acceptors (Lipinski definition) is 1. The SMILES string of the molecule is Fc1ccc(-c2cnc(-c3ccc(F)cc3)c(Cl)c2)cc1. The van der Waals surface area contributed by atoms with Gasteiger partial charge in [-0.2, -0.15) is 0 Å². The van der Waals surface area contributed by atoms with Gasteiger partial charge in [-0.05, 0) is 48.0 Å². The van der Waals surface area contributed by atoms with Crippen LogP contribution in [0.2, 0.25) is 5.02 Å². The van der Waals surface area contributed by atoms with Crippen molar-refractivity contribution in [1.82, 2.24) is 4.98 Å². The minimum atomic E-state index is -0.308. The lowest BCUT2D eigenvalue weighted by Crippen LogP contribution is -1.88. The quantitative estimate of drug-likeness (QED) is 0.622. The summed E-state index contributed by atoms with van der Waals surface area (Å²) in [6.45, 7) is 0. The van der Waals surface area contributed by atoms with Crippen molar-refractivity contribution >= 4 is 11.6 Å². The lowest BCUT2D eigenvalue weighted by Gasteiger charge is -2.07. The summed E-state index contributed by atoms with van der Waals surface area (Å²) in [5.41, 5.74) is 2.96. The third-order valence-corrected chi connectivity index (χ3v) is 3.42. The summed E-state index contributed by atoms with van der Waals surface area (Å²) in [4.78, 5) is 4.33. The zero-order valence-corrected chi connectivity index (χ0v) is 11.6. The van der Waals surface area contributed by atoms with Gasteiger partial charge in [-0.15, -0.1) is 0 Å². The van der Waals surface area contributed by atoms with Crippen molar-refractivity contribution in [1.29, 1.82) is 0 Å². The Morgan fingerprint density at radius 1 is 0.714 bits per heavy atom. The van der Waals surface area contributed by atoms with Crippen molar-refractivity contribution in [2.45, 2.75) is 0 Å². The molecule has 3 rings (SSSR count). The Morgan fingerprint density at radius 2 is 1.24 bits per heavy atom. The molecule has 0 saturated carbocycles. The van der Waals surface area contributed by atoms with E-state index < -0.39 is 0 Å². The van der Waals surface area contributed by atoms with Gasteiger partial charge in [0, 0.05) is 17.3 Å². The molecular formula is C17H10ClF2N. The summed E-state index contributed by atoms with van der Waals surface area (Å²) in [7, 11) is 0. The number of aromatic nitrogens is 1. The fraction of sp³-hybridized carbons (Fsp3) is 0. The van der Waals surface area contributed by atoms with Gasteiger partial charge >= 0.3 is 0 Å².